The Morgan fingerprint density at radius 3 is 2.83 bits per heavy atom. The molecule has 1 fully saturated rings. The molecule has 124 valence electrons. The molecule has 0 bridgehead atoms. The van der Waals surface area contributed by atoms with Crippen molar-refractivity contribution in [3.63, 3.8) is 0 Å². The molecule has 2 aromatic rings. The molecule has 2 atom stereocenters. The van der Waals surface area contributed by atoms with E-state index in [9.17, 15) is 0 Å². The number of rotatable bonds is 2. The first kappa shape index (κ1) is 17.3. The van der Waals surface area contributed by atoms with Crippen molar-refractivity contribution < 1.29 is 4.74 Å². The Bertz CT molecular complexity index is 789. The normalized spacial score (nSPS) is 21.8. The van der Waals surface area contributed by atoms with Crippen LogP contribution in [0.1, 0.15) is 22.6 Å². The van der Waals surface area contributed by atoms with Crippen LogP contribution in [0.2, 0.25) is 0 Å². The molecule has 2 unspecified atom stereocenters. The van der Waals surface area contributed by atoms with Gasteiger partial charge in [0.2, 0.25) is 0 Å². The molecule has 24 heavy (non-hydrogen) atoms. The van der Waals surface area contributed by atoms with Crippen LogP contribution in [0.15, 0.2) is 46.9 Å². The number of fused-ring (bicyclic) bond motifs is 3. The minimum atomic E-state index is 0. The number of nitrogens with zero attached hydrogens (tertiary/aromatic N) is 2. The van der Waals surface area contributed by atoms with Gasteiger partial charge in [-0.1, -0.05) is 34.1 Å². The summed E-state index contributed by atoms with van der Waals surface area (Å²) in [5.41, 5.74) is 3.24. The van der Waals surface area contributed by atoms with Crippen LogP contribution in [0.3, 0.4) is 0 Å². The van der Waals surface area contributed by atoms with Gasteiger partial charge in [0.05, 0.1) is 18.2 Å². The Morgan fingerprint density at radius 2 is 2.04 bits per heavy atom. The van der Waals surface area contributed by atoms with Crippen LogP contribution in [-0.4, -0.2) is 24.6 Å². The summed E-state index contributed by atoms with van der Waals surface area (Å²) < 4.78 is 7.08. The summed E-state index contributed by atoms with van der Waals surface area (Å²) in [4.78, 5) is 2.49. The fraction of sp³-hybridized carbons (Fsp3) is 0.316. The number of benzene rings is 2. The zero-order valence-electron chi connectivity index (χ0n) is 13.1. The van der Waals surface area contributed by atoms with Crippen LogP contribution in [-0.2, 0) is 6.54 Å². The standard InChI is InChI=1S/C19H17BrN2O.ClH/c20-18-4-2-1-3-14(18)9-22-10-15-12-23-19-6-5-13(8-21)7-16(19)17(15)11-22;/h1-7,15,17H,9-12H2;1H. The minimum absolute atomic E-state index is 0. The molecular formula is C19H18BrClN2O. The van der Waals surface area contributed by atoms with Gasteiger partial charge in [-0.3, -0.25) is 4.90 Å². The van der Waals surface area contributed by atoms with E-state index in [1.165, 1.54) is 15.6 Å². The maximum Gasteiger partial charge on any atom is 0.122 e. The third kappa shape index (κ3) is 3.17. The van der Waals surface area contributed by atoms with Crippen molar-refractivity contribution in [2.45, 2.75) is 12.5 Å². The van der Waals surface area contributed by atoms with E-state index in [0.29, 0.717) is 11.8 Å². The predicted molar refractivity (Wildman–Crippen MR) is 99.6 cm³/mol. The van der Waals surface area contributed by atoms with Crippen LogP contribution in [0, 0.1) is 17.2 Å². The van der Waals surface area contributed by atoms with Crippen molar-refractivity contribution >= 4 is 28.3 Å². The van der Waals surface area contributed by atoms with Crippen LogP contribution >= 0.6 is 28.3 Å². The van der Waals surface area contributed by atoms with E-state index in [1.54, 1.807) is 0 Å². The molecule has 0 aromatic heterocycles. The second kappa shape index (κ2) is 7.14. The summed E-state index contributed by atoms with van der Waals surface area (Å²) in [7, 11) is 0. The monoisotopic (exact) mass is 404 g/mol. The number of nitriles is 1. The molecule has 0 N–H and O–H groups in total. The third-order valence-electron chi connectivity index (χ3n) is 4.86. The highest BCUT2D eigenvalue weighted by Gasteiger charge is 2.38. The van der Waals surface area contributed by atoms with Gasteiger partial charge in [0, 0.05) is 41.5 Å². The number of likely N-dealkylation sites (tertiary alicyclic amines) is 1. The largest absolute Gasteiger partial charge is 0.493 e. The van der Waals surface area contributed by atoms with Gasteiger partial charge in [-0.25, -0.2) is 0 Å². The molecule has 5 heteroatoms. The average Bonchev–Trinajstić information content (AvgIpc) is 2.99. The first-order valence-electron chi connectivity index (χ1n) is 7.87. The van der Waals surface area contributed by atoms with Gasteiger partial charge < -0.3 is 4.74 Å². The number of halogens is 2. The average molecular weight is 406 g/mol. The number of hydrogen-bond acceptors (Lipinski definition) is 3. The Balaban J connectivity index is 0.00000169. The summed E-state index contributed by atoms with van der Waals surface area (Å²) >= 11 is 3.64. The van der Waals surface area contributed by atoms with Crippen LogP contribution in [0.4, 0.5) is 0 Å². The molecule has 2 aromatic carbocycles. The first-order chi connectivity index (χ1) is 11.2. The van der Waals surface area contributed by atoms with Crippen LogP contribution in [0.5, 0.6) is 5.75 Å². The second-order valence-electron chi connectivity index (χ2n) is 6.33. The van der Waals surface area contributed by atoms with E-state index in [1.807, 2.05) is 24.3 Å². The molecule has 4 rings (SSSR count). The summed E-state index contributed by atoms with van der Waals surface area (Å²) in [6.07, 6.45) is 0. The van der Waals surface area contributed by atoms with E-state index >= 15 is 0 Å². The summed E-state index contributed by atoms with van der Waals surface area (Å²) in [6.45, 7) is 3.79. The molecule has 0 spiro atoms. The van der Waals surface area contributed by atoms with Crippen molar-refractivity contribution in [2.75, 3.05) is 19.7 Å². The van der Waals surface area contributed by atoms with Crippen molar-refractivity contribution in [1.82, 2.24) is 4.90 Å². The summed E-state index contributed by atoms with van der Waals surface area (Å²) in [5, 5.41) is 9.15. The Hall–Kier alpha value is -1.54. The van der Waals surface area contributed by atoms with E-state index in [-0.39, 0.29) is 12.4 Å². The quantitative estimate of drug-likeness (QED) is 0.745. The molecule has 3 nitrogen and oxygen atoms in total. The lowest BCUT2D eigenvalue weighted by Crippen LogP contribution is -2.25. The smallest absolute Gasteiger partial charge is 0.122 e. The lowest BCUT2D eigenvalue weighted by atomic mass is 9.86. The van der Waals surface area contributed by atoms with Gasteiger partial charge >= 0.3 is 0 Å². The van der Waals surface area contributed by atoms with Gasteiger partial charge in [-0.15, -0.1) is 12.4 Å². The van der Waals surface area contributed by atoms with Crippen LogP contribution < -0.4 is 4.74 Å². The summed E-state index contributed by atoms with van der Waals surface area (Å²) in [6, 6.07) is 16.4. The van der Waals surface area contributed by atoms with Gasteiger partial charge in [-0.05, 0) is 29.8 Å². The maximum atomic E-state index is 9.15. The first-order valence-corrected chi connectivity index (χ1v) is 8.66. The van der Waals surface area contributed by atoms with E-state index in [0.717, 1.165) is 37.6 Å². The Labute approximate surface area is 156 Å². The maximum absolute atomic E-state index is 9.15. The highest BCUT2D eigenvalue weighted by molar-refractivity contribution is 9.10. The van der Waals surface area contributed by atoms with Crippen molar-refractivity contribution in [1.29, 1.82) is 5.26 Å². The molecule has 0 radical (unpaired) electrons. The zero-order chi connectivity index (χ0) is 15.8. The van der Waals surface area contributed by atoms with E-state index in [4.69, 9.17) is 10.00 Å². The molecule has 2 aliphatic heterocycles. The predicted octanol–water partition coefficient (Wildman–Crippen LogP) is 4.35. The molecule has 0 saturated carbocycles. The zero-order valence-corrected chi connectivity index (χ0v) is 15.5. The van der Waals surface area contributed by atoms with Gasteiger partial charge in [0.1, 0.15) is 5.75 Å². The van der Waals surface area contributed by atoms with Gasteiger partial charge in [0.25, 0.3) is 0 Å². The molecule has 0 aliphatic carbocycles. The third-order valence-corrected chi connectivity index (χ3v) is 5.63. The van der Waals surface area contributed by atoms with Crippen molar-refractivity contribution in [3.8, 4) is 11.8 Å². The highest BCUT2D eigenvalue weighted by Crippen LogP contribution is 2.42. The van der Waals surface area contributed by atoms with Gasteiger partial charge in [0.15, 0.2) is 0 Å². The SMILES string of the molecule is Cl.N#Cc1ccc2c(c1)C1CN(Cc3ccccc3Br)CC1CO2. The fourth-order valence-electron chi connectivity index (χ4n) is 3.71. The molecule has 2 aliphatic rings. The number of hydrogen-bond donors (Lipinski definition) is 0. The highest BCUT2D eigenvalue weighted by atomic mass is 79.9. The van der Waals surface area contributed by atoms with Crippen molar-refractivity contribution in [2.24, 2.45) is 5.92 Å². The summed E-state index contributed by atoms with van der Waals surface area (Å²) in [5.74, 6) is 1.93. The Kier molecular flexibility index (Phi) is 5.15. The molecule has 1 saturated heterocycles. The molecular weight excluding hydrogens is 388 g/mol. The van der Waals surface area contributed by atoms with Crippen LogP contribution in [0.25, 0.3) is 0 Å². The fourth-order valence-corrected chi connectivity index (χ4v) is 4.12. The topological polar surface area (TPSA) is 36.3 Å². The Morgan fingerprint density at radius 1 is 1.21 bits per heavy atom. The van der Waals surface area contributed by atoms with E-state index < -0.39 is 0 Å². The second-order valence-corrected chi connectivity index (χ2v) is 7.18. The number of ether oxygens (including phenoxy) is 1. The van der Waals surface area contributed by atoms with E-state index in [2.05, 4.69) is 45.1 Å². The molecule has 0 amide bonds. The lowest BCUT2D eigenvalue weighted by molar-refractivity contribution is 0.212. The molecule has 2 heterocycles. The van der Waals surface area contributed by atoms with Gasteiger partial charge in [-0.2, -0.15) is 5.26 Å². The van der Waals surface area contributed by atoms with Crippen molar-refractivity contribution in [3.05, 3.63) is 63.6 Å². The minimum Gasteiger partial charge on any atom is -0.493 e. The lowest BCUT2D eigenvalue weighted by Gasteiger charge is -2.27.